The van der Waals surface area contributed by atoms with E-state index in [1.54, 1.807) is 24.3 Å². The van der Waals surface area contributed by atoms with E-state index in [0.717, 1.165) is 72.1 Å². The fourth-order valence-electron chi connectivity index (χ4n) is 5.16. The van der Waals surface area contributed by atoms with E-state index in [-0.39, 0.29) is 46.0 Å². The summed E-state index contributed by atoms with van der Waals surface area (Å²) in [6.07, 6.45) is 2.84. The monoisotopic (exact) mass is 960 g/mol. The minimum Gasteiger partial charge on any atom is -1.00 e. The Labute approximate surface area is 383 Å². The first-order valence-corrected chi connectivity index (χ1v) is 23.3. The summed E-state index contributed by atoms with van der Waals surface area (Å²) in [6, 6.07) is 11.8. The first-order chi connectivity index (χ1) is 28.0. The molecule has 0 radical (unpaired) electrons. The van der Waals surface area contributed by atoms with Gasteiger partial charge in [-0.2, -0.15) is 8.42 Å². The molecule has 0 saturated carbocycles. The van der Waals surface area contributed by atoms with Crippen molar-refractivity contribution >= 4 is 49.6 Å². The molecule has 0 aromatic heterocycles. The molecule has 21 heteroatoms. The summed E-state index contributed by atoms with van der Waals surface area (Å²) in [5.74, 6) is 0.719. The van der Waals surface area contributed by atoms with Gasteiger partial charge in [0.05, 0.1) is 69.7 Å². The minimum absolute atomic E-state index is 0. The lowest BCUT2D eigenvalue weighted by Crippen LogP contribution is -3.00. The number of alkyl halides is 1. The van der Waals surface area contributed by atoms with Gasteiger partial charge in [0.2, 0.25) is 17.7 Å². The molecule has 1 unspecified atom stereocenters. The van der Waals surface area contributed by atoms with E-state index in [2.05, 4.69) is 49.0 Å². The van der Waals surface area contributed by atoms with Crippen molar-refractivity contribution in [1.82, 2.24) is 20.9 Å². The van der Waals surface area contributed by atoms with Crippen LogP contribution in [0.25, 0.3) is 0 Å². The van der Waals surface area contributed by atoms with E-state index < -0.39 is 20.2 Å². The van der Waals surface area contributed by atoms with Crippen LogP contribution in [0.2, 0.25) is 0 Å². The summed E-state index contributed by atoms with van der Waals surface area (Å²) in [4.78, 5) is 34.0. The van der Waals surface area contributed by atoms with Crippen molar-refractivity contribution in [3.8, 4) is 0 Å². The van der Waals surface area contributed by atoms with Crippen LogP contribution in [-0.2, 0) is 39.4 Å². The number of halogens is 2. The molecular weight excluding hydrogens is 888 g/mol. The second kappa shape index (κ2) is 32.7. The number of benzene rings is 2. The molecule has 5 N–H and O–H groups in total. The zero-order chi connectivity index (χ0) is 47.5. The molecule has 0 spiro atoms. The Kier molecular flexibility index (Phi) is 33.4. The number of hydrogen-bond acceptors (Lipinski definition) is 11. The van der Waals surface area contributed by atoms with Crippen LogP contribution >= 0.6 is 11.6 Å². The summed E-state index contributed by atoms with van der Waals surface area (Å²) in [7, 11) is 4.17. The molecule has 360 valence electrons. The molecule has 1 aliphatic heterocycles. The maximum Gasteiger partial charge on any atom is 0.294 e. The van der Waals surface area contributed by atoms with Crippen LogP contribution < -0.4 is 28.4 Å². The van der Waals surface area contributed by atoms with Crippen LogP contribution in [0.3, 0.4) is 0 Å². The molecule has 2 aromatic carbocycles. The predicted molar refractivity (Wildman–Crippen MR) is 239 cm³/mol. The Morgan fingerprint density at radius 3 is 1.35 bits per heavy atom. The van der Waals surface area contributed by atoms with Crippen molar-refractivity contribution in [3.63, 3.8) is 0 Å². The molecule has 2 aromatic rings. The number of aryl methyl sites for hydroxylation is 2. The molecule has 1 saturated heterocycles. The van der Waals surface area contributed by atoms with Crippen LogP contribution in [0, 0.1) is 13.8 Å². The zero-order valence-corrected chi connectivity index (χ0v) is 41.6. The molecule has 3 amide bonds. The third kappa shape index (κ3) is 39.9. The Hall–Kier alpha value is -2.95. The number of quaternary nitrogens is 2. The number of amides is 3. The average Bonchev–Trinajstić information content (AvgIpc) is 3.96. The maximum atomic E-state index is 10.9. The van der Waals surface area contributed by atoms with Gasteiger partial charge < -0.3 is 56.6 Å². The highest BCUT2D eigenvalue weighted by atomic mass is 35.5. The van der Waals surface area contributed by atoms with Crippen LogP contribution in [0.5, 0.6) is 0 Å². The molecule has 1 heterocycles. The minimum atomic E-state index is -4.27. The van der Waals surface area contributed by atoms with Crippen LogP contribution in [0.4, 0.5) is 0 Å². The van der Waals surface area contributed by atoms with E-state index in [1.807, 2.05) is 27.9 Å². The quantitative estimate of drug-likeness (QED) is 0.0391. The highest BCUT2D eigenvalue weighted by Crippen LogP contribution is 2.11. The first-order valence-electron chi connectivity index (χ1n) is 19.9. The van der Waals surface area contributed by atoms with Gasteiger partial charge in [-0.3, -0.25) is 18.9 Å². The number of nitrogens with one attached hydrogen (secondary N) is 3. The van der Waals surface area contributed by atoms with E-state index in [4.69, 9.17) is 20.9 Å². The normalized spacial score (nSPS) is 13.2. The standard InChI is InChI=1S/C17H36N4O3.C7H16N2O.2C7H8O3S.C3H5ClO.ClH/c1-15(22)18-9-7-11-20(3,4)13-17(24)14-21(5,6)12-8-10-19-16(2)23;1-7(10)8-5-4-6-9(2)3;2*1-6-2-4-7(5-3-6)11(8,9)10;4-1-3-2-5-3;/h17,24H,7-14H2,1-6H3;4-6H2,1-3H3,(H,8,10);2*2-5H,1H3,(H,8,9,10);3H,1-2H2;1H. The zero-order valence-electron chi connectivity index (χ0n) is 38.4. The molecular formula is C41H74Cl2N6O11S2. The predicted octanol–water partition coefficient (Wildman–Crippen LogP) is -0.604. The number of carbonyl (C=O) groups is 3. The summed E-state index contributed by atoms with van der Waals surface area (Å²) < 4.78 is 66.9. The lowest BCUT2D eigenvalue weighted by molar-refractivity contribution is -0.914. The van der Waals surface area contributed by atoms with Gasteiger partial charge in [0, 0.05) is 53.2 Å². The van der Waals surface area contributed by atoms with Crippen molar-refractivity contribution in [2.24, 2.45) is 0 Å². The van der Waals surface area contributed by atoms with Crippen molar-refractivity contribution < 1.29 is 71.5 Å². The number of rotatable bonds is 19. The average molecular weight is 962 g/mol. The third-order valence-corrected chi connectivity index (χ3v) is 10.5. The second-order valence-corrected chi connectivity index (χ2v) is 19.4. The van der Waals surface area contributed by atoms with Crippen LogP contribution in [0.1, 0.15) is 51.2 Å². The van der Waals surface area contributed by atoms with Gasteiger partial charge in [-0.1, -0.05) is 35.4 Å². The Balaban J connectivity index is -0.000000765. The maximum absolute atomic E-state index is 10.9. The van der Waals surface area contributed by atoms with E-state index in [0.29, 0.717) is 38.2 Å². The number of likely N-dealkylation sites (N-methyl/N-ethyl adjacent to an activating group) is 2. The van der Waals surface area contributed by atoms with Crippen LogP contribution in [0.15, 0.2) is 58.3 Å². The topological polar surface area (TPSA) is 235 Å². The lowest BCUT2D eigenvalue weighted by Gasteiger charge is -2.36. The van der Waals surface area contributed by atoms with E-state index in [1.165, 1.54) is 45.0 Å². The number of carbonyl (C=O) groups excluding carboxylic acids is 3. The van der Waals surface area contributed by atoms with E-state index >= 15 is 0 Å². The molecule has 3 rings (SSSR count). The largest absolute Gasteiger partial charge is 1.00 e. The summed E-state index contributed by atoms with van der Waals surface area (Å²) in [5, 5.41) is 18.8. The molecule has 0 bridgehead atoms. The highest BCUT2D eigenvalue weighted by Gasteiger charge is 2.27. The third-order valence-electron chi connectivity index (χ3n) is 8.40. The fourth-order valence-corrected chi connectivity index (χ4v) is 6.28. The molecule has 0 aliphatic carbocycles. The second-order valence-electron chi connectivity index (χ2n) is 16.3. The molecule has 1 fully saturated rings. The van der Waals surface area contributed by atoms with Gasteiger partial charge in [-0.05, 0) is 65.2 Å². The van der Waals surface area contributed by atoms with E-state index in [9.17, 15) is 40.9 Å². The first kappa shape index (κ1) is 63.3. The number of nitrogens with zero attached hydrogens (tertiary/aromatic N) is 3. The van der Waals surface area contributed by atoms with Crippen molar-refractivity contribution in [3.05, 3.63) is 59.7 Å². The van der Waals surface area contributed by atoms with Gasteiger partial charge in [0.1, 0.15) is 23.2 Å². The van der Waals surface area contributed by atoms with Crippen molar-refractivity contribution in [2.75, 3.05) is 107 Å². The molecule has 1 aliphatic rings. The molecule has 17 nitrogen and oxygen atoms in total. The Morgan fingerprint density at radius 1 is 0.758 bits per heavy atom. The Bertz CT molecular complexity index is 1660. The van der Waals surface area contributed by atoms with Gasteiger partial charge in [0.25, 0.3) is 10.1 Å². The number of epoxide rings is 1. The van der Waals surface area contributed by atoms with Crippen molar-refractivity contribution in [1.29, 1.82) is 0 Å². The van der Waals surface area contributed by atoms with Gasteiger partial charge >= 0.3 is 0 Å². The van der Waals surface area contributed by atoms with Gasteiger partial charge in [-0.15, -0.1) is 11.6 Å². The summed E-state index contributed by atoms with van der Waals surface area (Å²) in [6.45, 7) is 15.5. The number of ether oxygens (including phenoxy) is 1. The fraction of sp³-hybridized carbons (Fsp3) is 0.634. The SMILES string of the molecule is CC(=O)NCCCN(C)C.CC(=O)NCCC[N+](C)(C)CC(O)C[N+](C)(C)CCCNC(C)=O.Cc1ccc(S(=O)(=O)O)cc1.Cc1ccc(S(=O)(=O)[O-])cc1.ClCC1CO1.[Cl-]. The van der Waals surface area contributed by atoms with Crippen molar-refractivity contribution in [2.45, 2.75) is 75.9 Å². The molecule has 62 heavy (non-hydrogen) atoms. The smallest absolute Gasteiger partial charge is 0.294 e. The number of aliphatic hydroxyl groups excluding tert-OH is 1. The summed E-state index contributed by atoms with van der Waals surface area (Å²) in [5.41, 5.74) is 1.88. The lowest BCUT2D eigenvalue weighted by atomic mass is 10.2. The Morgan fingerprint density at radius 2 is 1.10 bits per heavy atom. The summed E-state index contributed by atoms with van der Waals surface area (Å²) >= 11 is 5.27. The van der Waals surface area contributed by atoms with Gasteiger partial charge in [-0.25, -0.2) is 8.42 Å². The number of hydrogen-bond donors (Lipinski definition) is 5. The number of aliphatic hydroxyl groups is 1. The molecule has 1 atom stereocenters. The van der Waals surface area contributed by atoms with Gasteiger partial charge in [0.15, 0.2) is 6.10 Å². The van der Waals surface area contributed by atoms with Crippen LogP contribution in [-0.4, -0.2) is 182 Å². The highest BCUT2D eigenvalue weighted by molar-refractivity contribution is 7.86.